The highest BCUT2D eigenvalue weighted by molar-refractivity contribution is 5.87. The Balaban J connectivity index is 2.07. The summed E-state index contributed by atoms with van der Waals surface area (Å²) in [6, 6.07) is 17.6. The third-order valence-electron chi connectivity index (χ3n) is 4.67. The number of carbonyl (C=O) groups is 2. The van der Waals surface area contributed by atoms with Crippen LogP contribution in [0.3, 0.4) is 0 Å². The lowest BCUT2D eigenvalue weighted by atomic mass is 10.0. The molecule has 1 N–H and O–H groups in total. The Morgan fingerprint density at radius 1 is 0.962 bits per heavy atom. The van der Waals surface area contributed by atoms with Gasteiger partial charge in [-0.3, -0.25) is 9.59 Å². The monoisotopic (exact) mass is 352 g/mol. The Kier molecular flexibility index (Phi) is 7.39. The summed E-state index contributed by atoms with van der Waals surface area (Å²) in [5.74, 6) is -0.161. The van der Waals surface area contributed by atoms with Crippen molar-refractivity contribution in [3.8, 4) is 0 Å². The number of rotatable bonds is 8. The second kappa shape index (κ2) is 9.76. The zero-order valence-corrected chi connectivity index (χ0v) is 15.9. The molecule has 0 saturated heterocycles. The van der Waals surface area contributed by atoms with E-state index in [9.17, 15) is 9.59 Å². The maximum absolute atomic E-state index is 12.9. The molecule has 2 aromatic rings. The summed E-state index contributed by atoms with van der Waals surface area (Å²) < 4.78 is 0. The van der Waals surface area contributed by atoms with Gasteiger partial charge in [0.15, 0.2) is 0 Å². The van der Waals surface area contributed by atoms with E-state index in [1.165, 1.54) is 5.56 Å². The fraction of sp³-hybridized carbons (Fsp3) is 0.364. The molecule has 0 fully saturated rings. The quantitative estimate of drug-likeness (QED) is 0.792. The first-order valence-electron chi connectivity index (χ1n) is 9.18. The Labute approximate surface area is 156 Å². The van der Waals surface area contributed by atoms with E-state index in [0.717, 1.165) is 17.5 Å². The second-order valence-corrected chi connectivity index (χ2v) is 6.47. The van der Waals surface area contributed by atoms with Gasteiger partial charge in [0.1, 0.15) is 6.04 Å². The van der Waals surface area contributed by atoms with Crippen LogP contribution in [0.1, 0.15) is 37.0 Å². The fourth-order valence-electron chi connectivity index (χ4n) is 2.91. The number of benzene rings is 2. The summed E-state index contributed by atoms with van der Waals surface area (Å²) in [6.07, 6.45) is 2.07. The maximum Gasteiger partial charge on any atom is 0.242 e. The van der Waals surface area contributed by atoms with Crippen LogP contribution in [0.4, 0.5) is 0 Å². The minimum absolute atomic E-state index is 0.00970. The predicted molar refractivity (Wildman–Crippen MR) is 105 cm³/mol. The van der Waals surface area contributed by atoms with Crippen LogP contribution >= 0.6 is 0 Å². The summed E-state index contributed by atoms with van der Waals surface area (Å²) in [5.41, 5.74) is 3.45. The molecule has 2 rings (SSSR count). The molecule has 0 aromatic heterocycles. The van der Waals surface area contributed by atoms with Gasteiger partial charge in [-0.05, 0) is 36.5 Å². The first kappa shape index (κ1) is 19.7. The van der Waals surface area contributed by atoms with Crippen LogP contribution in [0.2, 0.25) is 0 Å². The molecule has 26 heavy (non-hydrogen) atoms. The number of aryl methyl sites for hydroxylation is 2. The molecule has 1 atom stereocenters. The molecular formula is C22H28N2O2. The lowest BCUT2D eigenvalue weighted by molar-refractivity contribution is -0.140. The standard InChI is InChI=1S/C22H28N2O2/c1-4-18-10-12-19(13-11-18)14-15-21(25)24(17(2)22(26)23-3)16-20-8-6-5-7-9-20/h5-13,17H,4,14-16H2,1-3H3,(H,23,26). The molecule has 4 heteroatoms. The lowest BCUT2D eigenvalue weighted by Crippen LogP contribution is -2.46. The van der Waals surface area contributed by atoms with E-state index in [4.69, 9.17) is 0 Å². The number of nitrogens with zero attached hydrogens (tertiary/aromatic N) is 1. The molecule has 0 aliphatic rings. The average Bonchev–Trinajstić information content (AvgIpc) is 2.70. The zero-order valence-electron chi connectivity index (χ0n) is 15.9. The van der Waals surface area contributed by atoms with Gasteiger partial charge in [-0.15, -0.1) is 0 Å². The molecule has 0 aliphatic heterocycles. The van der Waals surface area contributed by atoms with Crippen molar-refractivity contribution < 1.29 is 9.59 Å². The lowest BCUT2D eigenvalue weighted by Gasteiger charge is -2.28. The highest BCUT2D eigenvalue weighted by atomic mass is 16.2. The summed E-state index contributed by atoms with van der Waals surface area (Å²) in [4.78, 5) is 26.6. The smallest absolute Gasteiger partial charge is 0.242 e. The summed E-state index contributed by atoms with van der Waals surface area (Å²) >= 11 is 0. The van der Waals surface area contributed by atoms with Crippen molar-refractivity contribution in [1.29, 1.82) is 0 Å². The zero-order chi connectivity index (χ0) is 18.9. The van der Waals surface area contributed by atoms with Gasteiger partial charge in [-0.2, -0.15) is 0 Å². The van der Waals surface area contributed by atoms with Crippen LogP contribution in [0.25, 0.3) is 0 Å². The molecule has 1 unspecified atom stereocenters. The van der Waals surface area contributed by atoms with Gasteiger partial charge in [0.25, 0.3) is 0 Å². The minimum Gasteiger partial charge on any atom is -0.357 e. The van der Waals surface area contributed by atoms with Gasteiger partial charge in [-0.25, -0.2) is 0 Å². The largest absolute Gasteiger partial charge is 0.357 e. The van der Waals surface area contributed by atoms with E-state index in [0.29, 0.717) is 19.4 Å². The first-order chi connectivity index (χ1) is 12.5. The van der Waals surface area contributed by atoms with Crippen LogP contribution in [0, 0.1) is 0 Å². The van der Waals surface area contributed by atoms with Gasteiger partial charge < -0.3 is 10.2 Å². The first-order valence-corrected chi connectivity index (χ1v) is 9.18. The second-order valence-electron chi connectivity index (χ2n) is 6.47. The number of hydrogen-bond donors (Lipinski definition) is 1. The van der Waals surface area contributed by atoms with Crippen LogP contribution in [0.5, 0.6) is 0 Å². The molecule has 0 aliphatic carbocycles. The molecule has 0 spiro atoms. The van der Waals surface area contributed by atoms with E-state index < -0.39 is 6.04 Å². The highest BCUT2D eigenvalue weighted by Crippen LogP contribution is 2.13. The van der Waals surface area contributed by atoms with Gasteiger partial charge in [0, 0.05) is 20.0 Å². The molecule has 2 aromatic carbocycles. The van der Waals surface area contributed by atoms with Crippen molar-refractivity contribution in [2.75, 3.05) is 7.05 Å². The third kappa shape index (κ3) is 5.45. The van der Waals surface area contributed by atoms with Crippen molar-refractivity contribution in [2.45, 2.75) is 45.7 Å². The predicted octanol–water partition coefficient (Wildman–Crippen LogP) is 3.34. The van der Waals surface area contributed by atoms with Gasteiger partial charge in [0.05, 0.1) is 0 Å². The molecular weight excluding hydrogens is 324 g/mol. The van der Waals surface area contributed by atoms with Crippen molar-refractivity contribution in [3.05, 3.63) is 71.3 Å². The molecule has 0 heterocycles. The number of nitrogens with one attached hydrogen (secondary N) is 1. The molecule has 0 radical (unpaired) electrons. The minimum atomic E-state index is -0.504. The van der Waals surface area contributed by atoms with E-state index in [1.807, 2.05) is 30.3 Å². The van der Waals surface area contributed by atoms with Crippen molar-refractivity contribution >= 4 is 11.8 Å². The van der Waals surface area contributed by atoms with Gasteiger partial charge in [-0.1, -0.05) is 61.5 Å². The molecule has 4 nitrogen and oxygen atoms in total. The Hall–Kier alpha value is -2.62. The Bertz CT molecular complexity index is 711. The van der Waals surface area contributed by atoms with Gasteiger partial charge in [0.2, 0.25) is 11.8 Å². The van der Waals surface area contributed by atoms with Crippen molar-refractivity contribution in [2.24, 2.45) is 0 Å². The summed E-state index contributed by atoms with van der Waals surface area (Å²) in [7, 11) is 1.60. The van der Waals surface area contributed by atoms with Crippen LogP contribution in [-0.2, 0) is 29.0 Å². The number of amides is 2. The topological polar surface area (TPSA) is 49.4 Å². The summed E-state index contributed by atoms with van der Waals surface area (Å²) in [5, 5.41) is 2.64. The summed E-state index contributed by atoms with van der Waals surface area (Å²) in [6.45, 7) is 4.33. The number of carbonyl (C=O) groups excluding carboxylic acids is 2. The normalized spacial score (nSPS) is 11.7. The average molecular weight is 352 g/mol. The van der Waals surface area contributed by atoms with E-state index in [2.05, 4.69) is 36.5 Å². The Morgan fingerprint density at radius 2 is 1.58 bits per heavy atom. The van der Waals surface area contributed by atoms with E-state index in [1.54, 1.807) is 18.9 Å². The van der Waals surface area contributed by atoms with Crippen LogP contribution in [-0.4, -0.2) is 29.8 Å². The fourth-order valence-corrected chi connectivity index (χ4v) is 2.91. The molecule has 0 bridgehead atoms. The molecule has 138 valence electrons. The molecule has 0 saturated carbocycles. The number of hydrogen-bond acceptors (Lipinski definition) is 2. The SMILES string of the molecule is CCc1ccc(CCC(=O)N(Cc2ccccc2)C(C)C(=O)NC)cc1. The number of likely N-dealkylation sites (N-methyl/N-ethyl adjacent to an activating group) is 1. The van der Waals surface area contributed by atoms with Crippen molar-refractivity contribution in [3.63, 3.8) is 0 Å². The maximum atomic E-state index is 12.9. The highest BCUT2D eigenvalue weighted by Gasteiger charge is 2.25. The Morgan fingerprint density at radius 3 is 2.15 bits per heavy atom. The van der Waals surface area contributed by atoms with Gasteiger partial charge >= 0.3 is 0 Å². The van der Waals surface area contributed by atoms with E-state index in [-0.39, 0.29) is 11.8 Å². The van der Waals surface area contributed by atoms with Crippen LogP contribution < -0.4 is 5.32 Å². The van der Waals surface area contributed by atoms with E-state index >= 15 is 0 Å². The van der Waals surface area contributed by atoms with Crippen LogP contribution in [0.15, 0.2) is 54.6 Å². The third-order valence-corrected chi connectivity index (χ3v) is 4.67. The van der Waals surface area contributed by atoms with Crippen molar-refractivity contribution in [1.82, 2.24) is 10.2 Å². The molecule has 2 amide bonds.